The van der Waals surface area contributed by atoms with Crippen molar-refractivity contribution in [3.8, 4) is 11.5 Å². The van der Waals surface area contributed by atoms with Crippen molar-refractivity contribution >= 4 is 56.4 Å². The summed E-state index contributed by atoms with van der Waals surface area (Å²) in [5.74, 6) is 0.318. The summed E-state index contributed by atoms with van der Waals surface area (Å²) in [4.78, 5) is 13.2. The van der Waals surface area contributed by atoms with Crippen molar-refractivity contribution < 1.29 is 17.9 Å². The zero-order chi connectivity index (χ0) is 26.4. The van der Waals surface area contributed by atoms with Gasteiger partial charge in [-0.3, -0.25) is 4.79 Å². The minimum Gasteiger partial charge on any atom is -0.455 e. The summed E-state index contributed by atoms with van der Waals surface area (Å²) in [6.45, 7) is -0.617. The normalized spacial score (nSPS) is 11.4. The number of ether oxygens (including phenoxy) is 1. The van der Waals surface area contributed by atoms with Crippen molar-refractivity contribution in [1.29, 1.82) is 0 Å². The van der Waals surface area contributed by atoms with Crippen molar-refractivity contribution in [3.05, 3.63) is 118 Å². The van der Waals surface area contributed by atoms with Crippen LogP contribution in [0.1, 0.15) is 5.56 Å². The van der Waals surface area contributed by atoms with Crippen LogP contribution in [0.25, 0.3) is 0 Å². The molecule has 37 heavy (non-hydrogen) atoms. The molecule has 0 heterocycles. The smallest absolute Gasteiger partial charge is 0.243 e. The molecule has 0 fully saturated rings. The number of rotatable bonds is 9. The molecule has 0 saturated heterocycles. The number of nitrogens with one attached hydrogen (secondary N) is 1. The Morgan fingerprint density at radius 1 is 0.811 bits per heavy atom. The molecule has 0 aromatic heterocycles. The third kappa shape index (κ3) is 7.03. The van der Waals surface area contributed by atoms with Crippen LogP contribution in [0.5, 0.6) is 11.5 Å². The molecule has 0 unspecified atom stereocenters. The molecule has 4 rings (SSSR count). The lowest BCUT2D eigenvalue weighted by Gasteiger charge is -2.23. The molecule has 0 aliphatic rings. The standard InChI is InChI=1S/C27H21Cl3N2O4S/c28-20-10-13-23(14-11-20)37(34,35)32(17-19-6-4-5-9-24(19)30)18-27(33)31-25-16-21(29)12-15-26(25)36-22-7-2-1-3-8-22/h1-16H,17-18H2,(H,31,33). The van der Waals surface area contributed by atoms with Crippen molar-refractivity contribution in [2.24, 2.45) is 0 Å². The van der Waals surface area contributed by atoms with Gasteiger partial charge in [0.15, 0.2) is 5.75 Å². The van der Waals surface area contributed by atoms with E-state index >= 15 is 0 Å². The molecule has 0 atom stereocenters. The Balaban J connectivity index is 1.61. The third-order valence-corrected chi connectivity index (χ3v) is 7.92. The molecule has 10 heteroatoms. The Kier molecular flexibility index (Phi) is 8.74. The summed E-state index contributed by atoms with van der Waals surface area (Å²) in [5.41, 5.74) is 0.841. The van der Waals surface area contributed by atoms with E-state index in [1.807, 2.05) is 18.2 Å². The van der Waals surface area contributed by atoms with E-state index < -0.39 is 22.5 Å². The van der Waals surface area contributed by atoms with Gasteiger partial charge in [0.1, 0.15) is 5.75 Å². The Bertz CT molecular complexity index is 1500. The van der Waals surface area contributed by atoms with Crippen LogP contribution in [0.2, 0.25) is 15.1 Å². The zero-order valence-corrected chi connectivity index (χ0v) is 22.4. The van der Waals surface area contributed by atoms with E-state index in [1.165, 1.54) is 30.3 Å². The molecular weight excluding hydrogens is 555 g/mol. The lowest BCUT2D eigenvalue weighted by molar-refractivity contribution is -0.116. The number of anilines is 1. The summed E-state index contributed by atoms with van der Waals surface area (Å²) in [6.07, 6.45) is 0. The van der Waals surface area contributed by atoms with Crippen LogP contribution in [0, 0.1) is 0 Å². The molecule has 1 amide bonds. The highest BCUT2D eigenvalue weighted by Crippen LogP contribution is 2.32. The highest BCUT2D eigenvalue weighted by Gasteiger charge is 2.28. The molecule has 0 aliphatic carbocycles. The largest absolute Gasteiger partial charge is 0.455 e. The maximum atomic E-state index is 13.5. The molecule has 0 saturated carbocycles. The molecule has 0 bridgehead atoms. The summed E-state index contributed by atoms with van der Waals surface area (Å²) in [5, 5.41) is 3.87. The van der Waals surface area contributed by atoms with E-state index in [-0.39, 0.29) is 11.4 Å². The van der Waals surface area contributed by atoms with Gasteiger partial charge in [-0.2, -0.15) is 4.31 Å². The number of nitrogens with zero attached hydrogens (tertiary/aromatic N) is 1. The number of para-hydroxylation sites is 1. The van der Waals surface area contributed by atoms with Crippen LogP contribution in [0.4, 0.5) is 5.69 Å². The molecule has 1 N–H and O–H groups in total. The predicted molar refractivity (Wildman–Crippen MR) is 147 cm³/mol. The van der Waals surface area contributed by atoms with E-state index in [0.29, 0.717) is 37.8 Å². The first-order valence-electron chi connectivity index (χ1n) is 11.0. The number of halogens is 3. The van der Waals surface area contributed by atoms with E-state index in [1.54, 1.807) is 48.5 Å². The number of benzene rings is 4. The second kappa shape index (κ2) is 12.0. The quantitative estimate of drug-likeness (QED) is 0.228. The number of carbonyl (C=O) groups is 1. The predicted octanol–water partition coefficient (Wildman–Crippen LogP) is 7.27. The summed E-state index contributed by atoms with van der Waals surface area (Å²) >= 11 is 18.4. The zero-order valence-electron chi connectivity index (χ0n) is 19.3. The molecule has 0 aliphatic heterocycles. The van der Waals surface area contributed by atoms with Crippen LogP contribution in [-0.4, -0.2) is 25.2 Å². The fraction of sp³-hybridized carbons (Fsp3) is 0.0741. The molecular formula is C27H21Cl3N2O4S. The first-order valence-corrected chi connectivity index (χ1v) is 13.6. The Hall–Kier alpha value is -3.07. The number of hydrogen-bond acceptors (Lipinski definition) is 4. The molecule has 190 valence electrons. The molecule has 0 radical (unpaired) electrons. The van der Waals surface area contributed by atoms with Gasteiger partial charge in [0.2, 0.25) is 15.9 Å². The lowest BCUT2D eigenvalue weighted by atomic mass is 10.2. The Morgan fingerprint density at radius 3 is 2.16 bits per heavy atom. The fourth-order valence-corrected chi connectivity index (χ4v) is 5.32. The van der Waals surface area contributed by atoms with Gasteiger partial charge in [-0.1, -0.05) is 71.2 Å². The van der Waals surface area contributed by atoms with Crippen molar-refractivity contribution in [3.63, 3.8) is 0 Å². The average Bonchev–Trinajstić information content (AvgIpc) is 2.87. The van der Waals surface area contributed by atoms with E-state index in [0.717, 1.165) is 4.31 Å². The number of hydrogen-bond donors (Lipinski definition) is 1. The van der Waals surface area contributed by atoms with Gasteiger partial charge in [0.25, 0.3) is 0 Å². The van der Waals surface area contributed by atoms with E-state index in [9.17, 15) is 13.2 Å². The van der Waals surface area contributed by atoms with Gasteiger partial charge in [0, 0.05) is 21.6 Å². The van der Waals surface area contributed by atoms with Crippen LogP contribution in [-0.2, 0) is 21.4 Å². The maximum Gasteiger partial charge on any atom is 0.243 e. The molecule has 4 aromatic rings. The van der Waals surface area contributed by atoms with Crippen molar-refractivity contribution in [2.75, 3.05) is 11.9 Å². The first kappa shape index (κ1) is 27.0. The van der Waals surface area contributed by atoms with Gasteiger partial charge in [-0.15, -0.1) is 0 Å². The second-order valence-electron chi connectivity index (χ2n) is 7.92. The second-order valence-corrected chi connectivity index (χ2v) is 11.1. The minimum absolute atomic E-state index is 0.00684. The van der Waals surface area contributed by atoms with Gasteiger partial charge in [-0.05, 0) is 66.2 Å². The van der Waals surface area contributed by atoms with Crippen molar-refractivity contribution in [2.45, 2.75) is 11.4 Å². The Morgan fingerprint density at radius 2 is 1.46 bits per heavy atom. The van der Waals surface area contributed by atoms with Gasteiger partial charge < -0.3 is 10.1 Å². The van der Waals surface area contributed by atoms with Crippen molar-refractivity contribution in [1.82, 2.24) is 4.31 Å². The SMILES string of the molecule is O=C(CN(Cc1ccccc1Cl)S(=O)(=O)c1ccc(Cl)cc1)Nc1cc(Cl)ccc1Oc1ccccc1. The monoisotopic (exact) mass is 574 g/mol. The van der Waals surface area contributed by atoms with Gasteiger partial charge >= 0.3 is 0 Å². The lowest BCUT2D eigenvalue weighted by Crippen LogP contribution is -2.37. The van der Waals surface area contributed by atoms with Crippen LogP contribution in [0.3, 0.4) is 0 Å². The maximum absolute atomic E-state index is 13.5. The fourth-order valence-electron chi connectivity index (χ4n) is 3.45. The summed E-state index contributed by atoms with van der Waals surface area (Å²) in [6, 6.07) is 26.4. The highest BCUT2D eigenvalue weighted by atomic mass is 35.5. The number of sulfonamides is 1. The Labute approximate surface area is 230 Å². The average molecular weight is 576 g/mol. The van der Waals surface area contributed by atoms with Gasteiger partial charge in [0.05, 0.1) is 17.1 Å². The first-order chi connectivity index (χ1) is 17.7. The molecule has 0 spiro atoms. The summed E-state index contributed by atoms with van der Waals surface area (Å²) in [7, 11) is -4.09. The number of carbonyl (C=O) groups excluding carboxylic acids is 1. The van der Waals surface area contributed by atoms with E-state index in [4.69, 9.17) is 39.5 Å². The molecule has 6 nitrogen and oxygen atoms in total. The van der Waals surface area contributed by atoms with Crippen LogP contribution >= 0.6 is 34.8 Å². The summed E-state index contributed by atoms with van der Waals surface area (Å²) < 4.78 is 34.0. The third-order valence-electron chi connectivity index (χ3n) is 5.26. The van der Waals surface area contributed by atoms with Crippen LogP contribution in [0.15, 0.2) is 102 Å². The minimum atomic E-state index is -4.09. The topological polar surface area (TPSA) is 75.7 Å². The highest BCUT2D eigenvalue weighted by molar-refractivity contribution is 7.89. The van der Waals surface area contributed by atoms with E-state index in [2.05, 4.69) is 5.32 Å². The van der Waals surface area contributed by atoms with Crippen LogP contribution < -0.4 is 10.1 Å². The number of amides is 1. The molecule has 4 aromatic carbocycles. The van der Waals surface area contributed by atoms with Gasteiger partial charge in [-0.25, -0.2) is 8.42 Å².